The van der Waals surface area contributed by atoms with E-state index in [1.165, 1.54) is 0 Å². The Bertz CT molecular complexity index is 392. The number of hydrogen-bond donors (Lipinski definition) is 0. The molecule has 0 saturated carbocycles. The van der Waals surface area contributed by atoms with Gasteiger partial charge in [-0.05, 0) is 6.07 Å². The van der Waals surface area contributed by atoms with E-state index in [9.17, 15) is 23.7 Å². The highest BCUT2D eigenvalue weighted by atomic mass is 19.2. The average Bonchev–Trinajstić information content (AvgIpc) is 2.13. The zero-order chi connectivity index (χ0) is 10.7. The average molecular weight is 201 g/mol. The highest BCUT2D eigenvalue weighted by Gasteiger charge is 2.20. The summed E-state index contributed by atoms with van der Waals surface area (Å²) in [4.78, 5) is 19.6. The van der Waals surface area contributed by atoms with Crippen molar-refractivity contribution in [2.24, 2.45) is 0 Å². The Morgan fingerprint density at radius 2 is 2.07 bits per heavy atom. The number of nitro groups is 1. The van der Waals surface area contributed by atoms with Gasteiger partial charge < -0.3 is 4.79 Å². The lowest BCUT2D eigenvalue weighted by Gasteiger charge is -2.00. The van der Waals surface area contributed by atoms with Crippen molar-refractivity contribution in [1.29, 1.82) is 0 Å². The standard InChI is InChI=1S/C8H5F2NO3/c9-6-1-2-7(11(13)14)5(3-4-12)8(6)10/h1-2,4H,3H2. The van der Waals surface area contributed by atoms with Gasteiger partial charge in [0.15, 0.2) is 11.6 Å². The van der Waals surface area contributed by atoms with Gasteiger partial charge in [0.1, 0.15) is 6.29 Å². The molecule has 6 heteroatoms. The van der Waals surface area contributed by atoms with Crippen LogP contribution in [0.15, 0.2) is 12.1 Å². The van der Waals surface area contributed by atoms with E-state index in [-0.39, 0.29) is 6.29 Å². The highest BCUT2D eigenvalue weighted by Crippen LogP contribution is 2.23. The van der Waals surface area contributed by atoms with Gasteiger partial charge in [0, 0.05) is 12.5 Å². The predicted molar refractivity (Wildman–Crippen MR) is 42.8 cm³/mol. The third kappa shape index (κ3) is 1.73. The fourth-order valence-corrected chi connectivity index (χ4v) is 1.03. The largest absolute Gasteiger partial charge is 0.303 e. The van der Waals surface area contributed by atoms with Crippen molar-refractivity contribution >= 4 is 12.0 Å². The third-order valence-corrected chi connectivity index (χ3v) is 1.66. The molecule has 0 atom stereocenters. The Morgan fingerprint density at radius 1 is 1.43 bits per heavy atom. The topological polar surface area (TPSA) is 60.2 Å². The van der Waals surface area contributed by atoms with Crippen LogP contribution in [-0.4, -0.2) is 11.2 Å². The Balaban J connectivity index is 3.36. The molecule has 0 radical (unpaired) electrons. The molecule has 0 heterocycles. The second kappa shape index (κ2) is 3.91. The Hall–Kier alpha value is -1.85. The quantitative estimate of drug-likeness (QED) is 0.424. The molecular formula is C8H5F2NO3. The summed E-state index contributed by atoms with van der Waals surface area (Å²) in [5.74, 6) is -2.54. The number of nitro benzene ring substituents is 1. The van der Waals surface area contributed by atoms with E-state index in [1.54, 1.807) is 0 Å². The predicted octanol–water partition coefficient (Wildman–Crippen LogP) is 1.61. The summed E-state index contributed by atoms with van der Waals surface area (Å²) in [7, 11) is 0. The number of rotatable bonds is 3. The first-order valence-corrected chi connectivity index (χ1v) is 3.62. The lowest BCUT2D eigenvalue weighted by molar-refractivity contribution is -0.385. The van der Waals surface area contributed by atoms with E-state index in [0.29, 0.717) is 6.07 Å². The normalized spacial score (nSPS) is 9.86. The number of hydrogen-bond acceptors (Lipinski definition) is 3. The minimum Gasteiger partial charge on any atom is -0.303 e. The van der Waals surface area contributed by atoms with E-state index in [4.69, 9.17) is 0 Å². The number of carbonyl (C=O) groups excluding carboxylic acids is 1. The molecule has 4 nitrogen and oxygen atoms in total. The van der Waals surface area contributed by atoms with Gasteiger partial charge in [-0.25, -0.2) is 8.78 Å². The number of halogens is 2. The van der Waals surface area contributed by atoms with Crippen LogP contribution < -0.4 is 0 Å². The van der Waals surface area contributed by atoms with Gasteiger partial charge >= 0.3 is 0 Å². The van der Waals surface area contributed by atoms with Gasteiger partial charge in [-0.3, -0.25) is 10.1 Å². The molecule has 0 aliphatic heterocycles. The molecule has 0 amide bonds. The highest BCUT2D eigenvalue weighted by molar-refractivity contribution is 5.59. The van der Waals surface area contributed by atoms with Crippen LogP contribution in [0.1, 0.15) is 5.56 Å². The third-order valence-electron chi connectivity index (χ3n) is 1.66. The van der Waals surface area contributed by atoms with Crippen LogP contribution in [0.25, 0.3) is 0 Å². The summed E-state index contributed by atoms with van der Waals surface area (Å²) < 4.78 is 25.6. The first-order chi connectivity index (χ1) is 6.57. The van der Waals surface area contributed by atoms with Gasteiger partial charge in [-0.15, -0.1) is 0 Å². The van der Waals surface area contributed by atoms with Gasteiger partial charge in [-0.2, -0.15) is 0 Å². The van der Waals surface area contributed by atoms with Crippen LogP contribution in [-0.2, 0) is 11.2 Å². The summed E-state index contributed by atoms with van der Waals surface area (Å²) >= 11 is 0. The second-order valence-electron chi connectivity index (χ2n) is 2.49. The SMILES string of the molecule is O=CCc1c([N+](=O)[O-])ccc(F)c1F. The van der Waals surface area contributed by atoms with Crippen LogP contribution in [0.4, 0.5) is 14.5 Å². The maximum absolute atomic E-state index is 13.0. The van der Waals surface area contributed by atoms with E-state index < -0.39 is 34.2 Å². The van der Waals surface area contributed by atoms with E-state index in [0.717, 1.165) is 6.07 Å². The molecule has 0 aliphatic rings. The Kier molecular flexibility index (Phi) is 2.85. The zero-order valence-corrected chi connectivity index (χ0v) is 6.87. The molecule has 1 aromatic carbocycles. The molecule has 0 unspecified atom stereocenters. The molecule has 14 heavy (non-hydrogen) atoms. The van der Waals surface area contributed by atoms with Crippen molar-refractivity contribution in [3.05, 3.63) is 39.4 Å². The molecule has 0 spiro atoms. The maximum atomic E-state index is 13.0. The van der Waals surface area contributed by atoms with Gasteiger partial charge in [-0.1, -0.05) is 0 Å². The van der Waals surface area contributed by atoms with Crippen LogP contribution in [0.3, 0.4) is 0 Å². The van der Waals surface area contributed by atoms with Crippen LogP contribution in [0.5, 0.6) is 0 Å². The van der Waals surface area contributed by atoms with Crippen molar-refractivity contribution in [1.82, 2.24) is 0 Å². The lowest BCUT2D eigenvalue weighted by atomic mass is 10.1. The zero-order valence-electron chi connectivity index (χ0n) is 6.87. The minimum absolute atomic E-state index is 0.283. The minimum atomic E-state index is -1.34. The van der Waals surface area contributed by atoms with Crippen molar-refractivity contribution in [3.63, 3.8) is 0 Å². The molecule has 0 aromatic heterocycles. The maximum Gasteiger partial charge on any atom is 0.276 e. The van der Waals surface area contributed by atoms with E-state index >= 15 is 0 Å². The molecule has 0 aliphatic carbocycles. The summed E-state index contributed by atoms with van der Waals surface area (Å²) in [6, 6.07) is 1.49. The number of benzene rings is 1. The molecule has 0 N–H and O–H groups in total. The fraction of sp³-hybridized carbons (Fsp3) is 0.125. The first-order valence-electron chi connectivity index (χ1n) is 3.62. The summed E-state index contributed by atoms with van der Waals surface area (Å²) in [6.45, 7) is 0. The monoisotopic (exact) mass is 201 g/mol. The molecule has 1 rings (SSSR count). The lowest BCUT2D eigenvalue weighted by Crippen LogP contribution is -2.01. The summed E-state index contributed by atoms with van der Waals surface area (Å²) in [6.07, 6.45) is -0.231. The smallest absolute Gasteiger partial charge is 0.276 e. The van der Waals surface area contributed by atoms with Gasteiger partial charge in [0.2, 0.25) is 0 Å². The first kappa shape index (κ1) is 10.2. The van der Waals surface area contributed by atoms with Crippen LogP contribution in [0, 0.1) is 21.7 Å². The van der Waals surface area contributed by atoms with E-state index in [2.05, 4.69) is 0 Å². The Labute approximate surface area is 77.3 Å². The molecule has 0 fully saturated rings. The second-order valence-corrected chi connectivity index (χ2v) is 2.49. The van der Waals surface area contributed by atoms with Crippen molar-refractivity contribution < 1.29 is 18.5 Å². The van der Waals surface area contributed by atoms with Crippen LogP contribution >= 0.6 is 0 Å². The number of nitrogens with zero attached hydrogens (tertiary/aromatic N) is 1. The van der Waals surface area contributed by atoms with E-state index in [1.807, 2.05) is 0 Å². The fourth-order valence-electron chi connectivity index (χ4n) is 1.03. The molecular weight excluding hydrogens is 196 g/mol. The Morgan fingerprint density at radius 3 is 2.57 bits per heavy atom. The van der Waals surface area contributed by atoms with Crippen molar-refractivity contribution in [3.8, 4) is 0 Å². The van der Waals surface area contributed by atoms with Crippen LogP contribution in [0.2, 0.25) is 0 Å². The van der Waals surface area contributed by atoms with Crippen molar-refractivity contribution in [2.45, 2.75) is 6.42 Å². The van der Waals surface area contributed by atoms with Gasteiger partial charge in [0.25, 0.3) is 5.69 Å². The molecule has 1 aromatic rings. The van der Waals surface area contributed by atoms with Gasteiger partial charge in [0.05, 0.1) is 10.5 Å². The molecule has 74 valence electrons. The molecule has 0 saturated heterocycles. The number of aldehydes is 1. The van der Waals surface area contributed by atoms with Crippen molar-refractivity contribution in [2.75, 3.05) is 0 Å². The summed E-state index contributed by atoms with van der Waals surface area (Å²) in [5, 5.41) is 10.4. The summed E-state index contributed by atoms with van der Waals surface area (Å²) in [5.41, 5.74) is -1.11. The molecule has 0 bridgehead atoms. The number of carbonyl (C=O) groups is 1.